The van der Waals surface area contributed by atoms with Gasteiger partial charge < -0.3 is 14.2 Å². The monoisotopic (exact) mass is 468 g/mol. The van der Waals surface area contributed by atoms with Gasteiger partial charge in [0.2, 0.25) is 5.72 Å². The van der Waals surface area contributed by atoms with Crippen molar-refractivity contribution in [2.45, 2.75) is 24.1 Å². The van der Waals surface area contributed by atoms with Crippen molar-refractivity contribution in [2.24, 2.45) is 5.73 Å². The Bertz CT molecular complexity index is 1050. The Kier molecular flexibility index (Phi) is 6.55. The van der Waals surface area contributed by atoms with Crippen molar-refractivity contribution in [3.05, 3.63) is 83.1 Å². The van der Waals surface area contributed by atoms with Crippen LogP contribution in [0.15, 0.2) is 71.9 Å². The maximum absolute atomic E-state index is 13.5. The number of thioether (sulfide) groups is 1. The molecule has 0 radical (unpaired) electrons. The number of methoxy groups -OCH3 is 1. The Hall–Kier alpha value is -3.14. The lowest BCUT2D eigenvalue weighted by molar-refractivity contribution is -0.184. The number of hydrogen-bond acceptors (Lipinski definition) is 8. The highest BCUT2D eigenvalue weighted by Crippen LogP contribution is 2.46. The van der Waals surface area contributed by atoms with Crippen molar-refractivity contribution in [2.75, 3.05) is 19.5 Å². The van der Waals surface area contributed by atoms with Crippen LogP contribution >= 0.6 is 11.8 Å². The molecule has 2 atom stereocenters. The second-order valence-electron chi connectivity index (χ2n) is 7.67. The lowest BCUT2D eigenvalue weighted by atomic mass is 9.99. The first kappa shape index (κ1) is 23.0. The van der Waals surface area contributed by atoms with Gasteiger partial charge in [0, 0.05) is 25.4 Å². The van der Waals surface area contributed by atoms with E-state index >= 15 is 0 Å². The normalized spacial score (nSPS) is 22.0. The van der Waals surface area contributed by atoms with Gasteiger partial charge in [-0.3, -0.25) is 20.2 Å². The Balaban J connectivity index is 1.70. The Labute approximate surface area is 195 Å². The first-order chi connectivity index (χ1) is 15.9. The number of amides is 1. The number of ether oxygens (including phenoxy) is 3. The van der Waals surface area contributed by atoms with Crippen molar-refractivity contribution in [1.82, 2.24) is 4.90 Å². The summed E-state index contributed by atoms with van der Waals surface area (Å²) < 4.78 is 16.4. The molecule has 0 unspecified atom stereocenters. The van der Waals surface area contributed by atoms with Gasteiger partial charge in [-0.2, -0.15) is 0 Å². The lowest BCUT2D eigenvalue weighted by Gasteiger charge is -2.54. The van der Waals surface area contributed by atoms with Gasteiger partial charge in [-0.05, 0) is 11.1 Å². The van der Waals surface area contributed by atoms with Gasteiger partial charge in [0.1, 0.15) is 17.7 Å². The zero-order valence-electron chi connectivity index (χ0n) is 18.2. The molecule has 0 saturated carbocycles. The van der Waals surface area contributed by atoms with Crippen molar-refractivity contribution < 1.29 is 28.6 Å². The first-order valence-corrected chi connectivity index (χ1v) is 11.4. The standard InChI is InChI=1S/C24H24N2O6S/c1-15(27)31-13-18-14-33-23-24(25,30-2)22(29)26(23)19(18)21(28)32-20(16-9-5-3-6-10-16)17-11-7-4-8-12-17/h3-12,20,23H,13-14,25H2,1-2H3/t23-,24-/m0/s1. The van der Waals surface area contributed by atoms with Gasteiger partial charge in [-0.1, -0.05) is 60.7 Å². The molecule has 2 aliphatic rings. The molecule has 8 nitrogen and oxygen atoms in total. The number of benzene rings is 2. The van der Waals surface area contributed by atoms with Crippen molar-refractivity contribution in [1.29, 1.82) is 0 Å². The van der Waals surface area contributed by atoms with Gasteiger partial charge >= 0.3 is 11.9 Å². The molecule has 0 bridgehead atoms. The first-order valence-electron chi connectivity index (χ1n) is 10.3. The minimum Gasteiger partial charge on any atom is -0.461 e. The minimum atomic E-state index is -1.53. The van der Waals surface area contributed by atoms with Crippen LogP contribution < -0.4 is 5.73 Å². The van der Waals surface area contributed by atoms with Gasteiger partial charge in [-0.15, -0.1) is 11.8 Å². The number of nitrogens with two attached hydrogens (primary N) is 1. The molecule has 1 amide bonds. The summed E-state index contributed by atoms with van der Waals surface area (Å²) in [7, 11) is 1.35. The molecule has 2 aromatic rings. The average molecular weight is 469 g/mol. The zero-order chi connectivity index (χ0) is 23.6. The number of carbonyl (C=O) groups excluding carboxylic acids is 3. The maximum Gasteiger partial charge on any atom is 0.356 e. The number of carbonyl (C=O) groups is 3. The van der Waals surface area contributed by atoms with E-state index in [-0.39, 0.29) is 12.3 Å². The number of hydrogen-bond donors (Lipinski definition) is 1. The molecule has 1 fully saturated rings. The van der Waals surface area contributed by atoms with E-state index in [2.05, 4.69) is 0 Å². The fourth-order valence-electron chi connectivity index (χ4n) is 3.84. The van der Waals surface area contributed by atoms with Crippen molar-refractivity contribution in [3.63, 3.8) is 0 Å². The Morgan fingerprint density at radius 3 is 2.21 bits per heavy atom. The molecule has 2 heterocycles. The molecule has 172 valence electrons. The van der Waals surface area contributed by atoms with E-state index in [1.54, 1.807) is 0 Å². The lowest BCUT2D eigenvalue weighted by Crippen LogP contribution is -2.78. The molecule has 9 heteroatoms. The van der Waals surface area contributed by atoms with Gasteiger partial charge in [0.25, 0.3) is 5.91 Å². The Morgan fingerprint density at radius 1 is 1.12 bits per heavy atom. The highest BCUT2D eigenvalue weighted by Gasteiger charge is 2.63. The SMILES string of the molecule is CO[C@@]1(N)C(=O)N2C(C(=O)OC(c3ccccc3)c3ccccc3)=C(COC(C)=O)CS[C@H]21. The van der Waals surface area contributed by atoms with E-state index in [1.807, 2.05) is 60.7 Å². The summed E-state index contributed by atoms with van der Waals surface area (Å²) in [5.41, 5.74) is 6.67. The highest BCUT2D eigenvalue weighted by molar-refractivity contribution is 8.00. The van der Waals surface area contributed by atoms with E-state index in [4.69, 9.17) is 19.9 Å². The minimum absolute atomic E-state index is 0.0417. The molecular weight excluding hydrogens is 444 g/mol. The van der Waals surface area contributed by atoms with Crippen LogP contribution in [0.25, 0.3) is 0 Å². The number of β-lactam (4-membered cyclic amide) rings is 1. The molecule has 33 heavy (non-hydrogen) atoms. The summed E-state index contributed by atoms with van der Waals surface area (Å²) in [6, 6.07) is 18.6. The largest absolute Gasteiger partial charge is 0.461 e. The van der Waals surface area contributed by atoms with Gasteiger partial charge in [-0.25, -0.2) is 4.79 Å². The fourth-order valence-corrected chi connectivity index (χ4v) is 5.21. The van der Waals surface area contributed by atoms with E-state index in [9.17, 15) is 14.4 Å². The summed E-state index contributed by atoms with van der Waals surface area (Å²) in [5, 5.41) is -0.592. The average Bonchev–Trinajstić information content (AvgIpc) is 2.85. The van der Waals surface area contributed by atoms with E-state index in [0.717, 1.165) is 11.1 Å². The molecule has 2 aromatic carbocycles. The number of esters is 2. The zero-order valence-corrected chi connectivity index (χ0v) is 19.0. The summed E-state index contributed by atoms with van der Waals surface area (Å²) >= 11 is 1.34. The summed E-state index contributed by atoms with van der Waals surface area (Å²) in [6.07, 6.45) is -0.697. The van der Waals surface area contributed by atoms with Crippen LogP contribution in [-0.4, -0.2) is 53.3 Å². The summed E-state index contributed by atoms with van der Waals surface area (Å²) in [5.74, 6) is -1.42. The number of fused-ring (bicyclic) bond motifs is 1. The quantitative estimate of drug-likeness (QED) is 0.375. The molecule has 4 rings (SSSR count). The van der Waals surface area contributed by atoms with Crippen LogP contribution in [0.4, 0.5) is 0 Å². The third kappa shape index (κ3) is 4.27. The molecule has 0 spiro atoms. The third-order valence-electron chi connectivity index (χ3n) is 5.56. The predicted molar refractivity (Wildman–Crippen MR) is 121 cm³/mol. The molecule has 2 N–H and O–H groups in total. The van der Waals surface area contributed by atoms with Crippen LogP contribution in [0.5, 0.6) is 0 Å². The molecule has 1 saturated heterocycles. The highest BCUT2D eigenvalue weighted by atomic mass is 32.2. The Morgan fingerprint density at radius 2 is 1.70 bits per heavy atom. The van der Waals surface area contributed by atoms with E-state index < -0.39 is 35.0 Å². The summed E-state index contributed by atoms with van der Waals surface area (Å²) in [4.78, 5) is 39.1. The maximum atomic E-state index is 13.5. The van der Waals surface area contributed by atoms with E-state index in [0.29, 0.717) is 11.3 Å². The topological polar surface area (TPSA) is 108 Å². The van der Waals surface area contributed by atoms with Gasteiger partial charge in [0.05, 0.1) is 0 Å². The molecule has 0 aliphatic carbocycles. The number of rotatable bonds is 7. The molecule has 2 aliphatic heterocycles. The second kappa shape index (κ2) is 9.38. The fraction of sp³-hybridized carbons (Fsp3) is 0.292. The molecule has 0 aromatic heterocycles. The van der Waals surface area contributed by atoms with Crippen LogP contribution in [0.3, 0.4) is 0 Å². The van der Waals surface area contributed by atoms with Crippen LogP contribution in [0.2, 0.25) is 0 Å². The number of nitrogens with zero attached hydrogens (tertiary/aromatic N) is 1. The van der Waals surface area contributed by atoms with Crippen molar-refractivity contribution >= 4 is 29.6 Å². The third-order valence-corrected chi connectivity index (χ3v) is 6.95. The second-order valence-corrected chi connectivity index (χ2v) is 8.74. The predicted octanol–water partition coefficient (Wildman–Crippen LogP) is 2.35. The van der Waals surface area contributed by atoms with Crippen LogP contribution in [0, 0.1) is 0 Å². The van der Waals surface area contributed by atoms with Gasteiger partial charge in [0.15, 0.2) is 6.10 Å². The van der Waals surface area contributed by atoms with Crippen molar-refractivity contribution in [3.8, 4) is 0 Å². The summed E-state index contributed by atoms with van der Waals surface area (Å²) in [6.45, 7) is 1.15. The smallest absolute Gasteiger partial charge is 0.356 e. The van der Waals surface area contributed by atoms with Crippen LogP contribution in [0.1, 0.15) is 24.2 Å². The van der Waals surface area contributed by atoms with Crippen LogP contribution in [-0.2, 0) is 28.6 Å². The van der Waals surface area contributed by atoms with E-state index in [1.165, 1.54) is 30.7 Å². The molecular formula is C24H24N2O6S.